The van der Waals surface area contributed by atoms with Crippen LogP contribution in [-0.4, -0.2) is 18.5 Å². The van der Waals surface area contributed by atoms with Crippen LogP contribution >= 0.6 is 11.6 Å². The molecule has 1 aromatic heterocycles. The van der Waals surface area contributed by atoms with Crippen molar-refractivity contribution >= 4 is 33.5 Å². The summed E-state index contributed by atoms with van der Waals surface area (Å²) in [6.07, 6.45) is 0. The lowest BCUT2D eigenvalue weighted by Crippen LogP contribution is -2.35. The highest BCUT2D eigenvalue weighted by atomic mass is 35.5. The van der Waals surface area contributed by atoms with Crippen LogP contribution in [-0.2, 0) is 18.0 Å². The number of nitrogens with zero attached hydrogens (tertiary/aromatic N) is 2. The average molecular weight is 418 g/mol. The summed E-state index contributed by atoms with van der Waals surface area (Å²) in [6.45, 7) is 7.61. The van der Waals surface area contributed by atoms with Gasteiger partial charge in [-0.3, -0.25) is 9.36 Å². The molecule has 0 radical (unpaired) electrons. The van der Waals surface area contributed by atoms with E-state index in [1.54, 1.807) is 19.2 Å². The Morgan fingerprint density at radius 3 is 2.43 bits per heavy atom. The van der Waals surface area contributed by atoms with E-state index in [2.05, 4.69) is 4.72 Å². The van der Waals surface area contributed by atoms with E-state index in [-0.39, 0.29) is 11.6 Å². The van der Waals surface area contributed by atoms with Gasteiger partial charge in [0.1, 0.15) is 5.82 Å². The lowest BCUT2D eigenvalue weighted by molar-refractivity contribution is 0.617. The van der Waals surface area contributed by atoms with E-state index < -0.39 is 15.7 Å². The van der Waals surface area contributed by atoms with E-state index >= 15 is 0 Å². The van der Waals surface area contributed by atoms with E-state index in [1.807, 2.05) is 58.0 Å². The molecule has 3 rings (SSSR count). The van der Waals surface area contributed by atoms with Crippen LogP contribution in [0.4, 0.5) is 0 Å². The zero-order valence-electron chi connectivity index (χ0n) is 16.6. The molecule has 0 aliphatic heterocycles. The third kappa shape index (κ3) is 4.04. The maximum atomic E-state index is 13.0. The van der Waals surface area contributed by atoms with Gasteiger partial charge >= 0.3 is 0 Å². The normalized spacial score (nSPS) is 14.2. The molecule has 5 nitrogen and oxygen atoms in total. The fraction of sp³-hybridized carbons (Fsp3) is 0.333. The number of rotatable bonds is 4. The summed E-state index contributed by atoms with van der Waals surface area (Å²) in [5.41, 5.74) is 1.99. The van der Waals surface area contributed by atoms with Gasteiger partial charge in [0.2, 0.25) is 0 Å². The Balaban J connectivity index is 2.22. The summed E-state index contributed by atoms with van der Waals surface area (Å²) in [6, 6.07) is 12.7. The van der Waals surface area contributed by atoms with Crippen molar-refractivity contribution < 1.29 is 4.21 Å². The van der Waals surface area contributed by atoms with Gasteiger partial charge in [0.25, 0.3) is 5.56 Å². The first-order chi connectivity index (χ1) is 13.1. The van der Waals surface area contributed by atoms with Crippen LogP contribution < -0.4 is 10.3 Å². The second-order valence-corrected chi connectivity index (χ2v) is 10.2. The molecule has 0 amide bonds. The molecule has 1 heterocycles. The first-order valence-corrected chi connectivity index (χ1v) is 10.6. The van der Waals surface area contributed by atoms with Gasteiger partial charge in [0.05, 0.1) is 26.6 Å². The quantitative estimate of drug-likeness (QED) is 0.685. The second kappa shape index (κ2) is 7.78. The van der Waals surface area contributed by atoms with Crippen molar-refractivity contribution in [3.8, 4) is 11.4 Å². The number of benzene rings is 2. The number of fused-ring (bicyclic) bond motifs is 1. The summed E-state index contributed by atoms with van der Waals surface area (Å²) in [5.74, 6) is 0.575. The molecular weight excluding hydrogens is 394 g/mol. The van der Waals surface area contributed by atoms with Gasteiger partial charge in [-0.1, -0.05) is 41.9 Å². The molecule has 1 unspecified atom stereocenters. The molecule has 0 saturated heterocycles. The highest BCUT2D eigenvalue weighted by Crippen LogP contribution is 2.28. The van der Waals surface area contributed by atoms with Crippen LogP contribution in [0.5, 0.6) is 0 Å². The van der Waals surface area contributed by atoms with Gasteiger partial charge in [-0.05, 0) is 45.4 Å². The minimum absolute atomic E-state index is 0.170. The van der Waals surface area contributed by atoms with Crippen molar-refractivity contribution in [3.63, 3.8) is 0 Å². The molecule has 0 aliphatic rings. The van der Waals surface area contributed by atoms with Crippen molar-refractivity contribution in [2.45, 2.75) is 38.5 Å². The first kappa shape index (κ1) is 20.7. The largest absolute Gasteiger partial charge is 0.295 e. The van der Waals surface area contributed by atoms with Gasteiger partial charge in [0, 0.05) is 23.7 Å². The zero-order valence-corrected chi connectivity index (χ0v) is 18.2. The number of hydrogen-bond donors (Lipinski definition) is 1. The number of aromatic nitrogens is 2. The molecule has 7 heteroatoms. The number of hydrogen-bond acceptors (Lipinski definition) is 3. The van der Waals surface area contributed by atoms with Gasteiger partial charge in [0.15, 0.2) is 0 Å². The van der Waals surface area contributed by atoms with E-state index in [0.717, 1.165) is 11.1 Å². The predicted octanol–water partition coefficient (Wildman–Crippen LogP) is 4.37. The van der Waals surface area contributed by atoms with E-state index in [1.165, 1.54) is 4.57 Å². The van der Waals surface area contributed by atoms with Crippen LogP contribution in [0.15, 0.2) is 47.3 Å². The first-order valence-electron chi connectivity index (χ1n) is 9.03. The second-order valence-electron chi connectivity index (χ2n) is 7.78. The van der Waals surface area contributed by atoms with E-state index in [9.17, 15) is 9.00 Å². The Kier molecular flexibility index (Phi) is 5.75. The van der Waals surface area contributed by atoms with Crippen LogP contribution in [0.25, 0.3) is 22.3 Å². The third-order valence-electron chi connectivity index (χ3n) is 4.51. The fourth-order valence-corrected chi connectivity index (χ4v) is 3.97. The average Bonchev–Trinajstić information content (AvgIpc) is 2.64. The lowest BCUT2D eigenvalue weighted by Gasteiger charge is -2.23. The molecule has 0 spiro atoms. The van der Waals surface area contributed by atoms with Crippen LogP contribution in [0.3, 0.4) is 0 Å². The fourth-order valence-electron chi connectivity index (χ4n) is 2.94. The lowest BCUT2D eigenvalue weighted by atomic mass is 10.0. The molecular formula is C21H24ClN3O2S. The maximum absolute atomic E-state index is 13.0. The van der Waals surface area contributed by atoms with Crippen LogP contribution in [0.2, 0.25) is 5.02 Å². The Bertz CT molecular complexity index is 1100. The summed E-state index contributed by atoms with van der Waals surface area (Å²) >= 11 is 6.30. The summed E-state index contributed by atoms with van der Waals surface area (Å²) in [4.78, 5) is 17.8. The van der Waals surface area contributed by atoms with Crippen molar-refractivity contribution in [3.05, 3.63) is 63.4 Å². The molecule has 0 saturated carbocycles. The topological polar surface area (TPSA) is 64.0 Å². The predicted molar refractivity (Wildman–Crippen MR) is 117 cm³/mol. The van der Waals surface area contributed by atoms with Gasteiger partial charge < -0.3 is 0 Å². The number of halogens is 1. The van der Waals surface area contributed by atoms with Gasteiger partial charge in [-0.15, -0.1) is 0 Å². The summed E-state index contributed by atoms with van der Waals surface area (Å²) < 4.78 is 16.8. The Labute approximate surface area is 172 Å². The number of nitrogens with one attached hydrogen (secondary N) is 1. The minimum atomic E-state index is -1.27. The standard InChI is InChI=1S/C21H24ClN3O2S/c1-13(24-28(27)21(2,3)4)16-11-15(22)12-17-18(16)23-19(25(5)20(17)26)14-9-7-6-8-10-14/h6-13,24H,1-5H3/t13-,28?/m1/s1. The highest BCUT2D eigenvalue weighted by molar-refractivity contribution is 7.84. The summed E-state index contributed by atoms with van der Waals surface area (Å²) in [5, 5.41) is 0.893. The maximum Gasteiger partial charge on any atom is 0.261 e. The van der Waals surface area contributed by atoms with E-state index in [4.69, 9.17) is 16.6 Å². The third-order valence-corrected chi connectivity index (χ3v) is 6.41. The molecule has 2 aromatic carbocycles. The molecule has 0 fully saturated rings. The molecule has 28 heavy (non-hydrogen) atoms. The molecule has 148 valence electrons. The van der Waals surface area contributed by atoms with Crippen molar-refractivity contribution in [1.82, 2.24) is 14.3 Å². The Hall–Kier alpha value is -2.02. The molecule has 0 bridgehead atoms. The molecule has 1 N–H and O–H groups in total. The van der Waals surface area contributed by atoms with Crippen molar-refractivity contribution in [2.75, 3.05) is 0 Å². The monoisotopic (exact) mass is 417 g/mol. The highest BCUT2D eigenvalue weighted by Gasteiger charge is 2.24. The minimum Gasteiger partial charge on any atom is -0.295 e. The SMILES string of the molecule is C[C@@H](NS(=O)C(C)(C)C)c1cc(Cl)cc2c(=O)n(C)c(-c3ccccc3)nc12. The van der Waals surface area contributed by atoms with Crippen molar-refractivity contribution in [1.29, 1.82) is 0 Å². The van der Waals surface area contributed by atoms with Crippen LogP contribution in [0, 0.1) is 0 Å². The van der Waals surface area contributed by atoms with Crippen LogP contribution in [0.1, 0.15) is 39.3 Å². The summed E-state index contributed by atoms with van der Waals surface area (Å²) in [7, 11) is 0.430. The van der Waals surface area contributed by atoms with Gasteiger partial charge in [-0.25, -0.2) is 13.9 Å². The molecule has 2 atom stereocenters. The molecule has 3 aromatic rings. The van der Waals surface area contributed by atoms with Crippen molar-refractivity contribution in [2.24, 2.45) is 7.05 Å². The smallest absolute Gasteiger partial charge is 0.261 e. The molecule has 0 aliphatic carbocycles. The zero-order chi connectivity index (χ0) is 20.6. The Morgan fingerprint density at radius 2 is 1.82 bits per heavy atom. The van der Waals surface area contributed by atoms with E-state index in [0.29, 0.717) is 21.7 Å². The Morgan fingerprint density at radius 1 is 1.18 bits per heavy atom. The van der Waals surface area contributed by atoms with Gasteiger partial charge in [-0.2, -0.15) is 0 Å².